The Morgan fingerprint density at radius 3 is 2.86 bits per heavy atom. The Kier molecular flexibility index (Phi) is 2.42. The van der Waals surface area contributed by atoms with Crippen LogP contribution in [0.2, 0.25) is 0 Å². The summed E-state index contributed by atoms with van der Waals surface area (Å²) in [5, 5.41) is 0.672. The third-order valence-corrected chi connectivity index (χ3v) is 3.51. The molecule has 0 saturated carbocycles. The molecule has 1 aromatic heterocycles. The Labute approximate surface area is 86.1 Å². The number of fused-ring (bicyclic) bond motifs is 1. The maximum atomic E-state index is 13.4. The van der Waals surface area contributed by atoms with Crippen LogP contribution in [0.3, 0.4) is 0 Å². The molecule has 1 aromatic carbocycles. The van der Waals surface area contributed by atoms with E-state index < -0.39 is 0 Å². The molecule has 0 aliphatic rings. The Balaban J connectivity index is 2.74. The van der Waals surface area contributed by atoms with Crippen molar-refractivity contribution >= 4 is 21.4 Å². The molecular weight excluding hydrogens is 199 g/mol. The van der Waals surface area contributed by atoms with Crippen molar-refractivity contribution in [2.45, 2.75) is 13.3 Å². The van der Waals surface area contributed by atoms with Crippen molar-refractivity contribution < 1.29 is 9.13 Å². The molecule has 0 aliphatic carbocycles. The number of ether oxygens (including phenoxy) is 1. The minimum Gasteiger partial charge on any atom is -0.495 e. The molecule has 1 nitrogen and oxygen atoms in total. The molecule has 74 valence electrons. The second kappa shape index (κ2) is 3.58. The first-order chi connectivity index (χ1) is 6.76. The van der Waals surface area contributed by atoms with Crippen LogP contribution in [0.4, 0.5) is 4.39 Å². The van der Waals surface area contributed by atoms with Crippen LogP contribution in [0, 0.1) is 5.82 Å². The van der Waals surface area contributed by atoms with Crippen LogP contribution in [0.5, 0.6) is 5.75 Å². The first-order valence-corrected chi connectivity index (χ1v) is 5.32. The Morgan fingerprint density at radius 2 is 2.21 bits per heavy atom. The van der Waals surface area contributed by atoms with Crippen LogP contribution in [0.1, 0.15) is 11.8 Å². The maximum Gasteiger partial charge on any atom is 0.136 e. The highest BCUT2D eigenvalue weighted by Gasteiger charge is 2.09. The summed E-state index contributed by atoms with van der Waals surface area (Å²) < 4.78 is 19.5. The van der Waals surface area contributed by atoms with Crippen LogP contribution in [-0.4, -0.2) is 7.11 Å². The van der Waals surface area contributed by atoms with E-state index in [0.717, 1.165) is 16.9 Å². The number of benzene rings is 1. The van der Waals surface area contributed by atoms with Gasteiger partial charge in [0.05, 0.1) is 11.8 Å². The first-order valence-electron chi connectivity index (χ1n) is 4.51. The molecule has 0 radical (unpaired) electrons. The molecule has 0 spiro atoms. The largest absolute Gasteiger partial charge is 0.495 e. The van der Waals surface area contributed by atoms with Gasteiger partial charge in [-0.1, -0.05) is 6.92 Å². The Hall–Kier alpha value is -1.09. The van der Waals surface area contributed by atoms with E-state index in [-0.39, 0.29) is 5.82 Å². The van der Waals surface area contributed by atoms with E-state index in [4.69, 9.17) is 4.74 Å². The Morgan fingerprint density at radius 1 is 1.43 bits per heavy atom. The smallest absolute Gasteiger partial charge is 0.136 e. The van der Waals surface area contributed by atoms with Crippen molar-refractivity contribution in [1.29, 1.82) is 0 Å². The van der Waals surface area contributed by atoms with Crippen molar-refractivity contribution in [3.8, 4) is 5.75 Å². The molecule has 0 atom stereocenters. The number of rotatable bonds is 2. The topological polar surface area (TPSA) is 9.23 Å². The molecule has 0 amide bonds. The van der Waals surface area contributed by atoms with Gasteiger partial charge < -0.3 is 4.74 Å². The summed E-state index contributed by atoms with van der Waals surface area (Å²) in [5.74, 6) is 0.586. The summed E-state index contributed by atoms with van der Waals surface area (Å²) in [6.45, 7) is 2.06. The average molecular weight is 210 g/mol. The molecular formula is C11H11FOS. The van der Waals surface area contributed by atoms with Gasteiger partial charge in [0.1, 0.15) is 11.6 Å². The number of methoxy groups -OCH3 is 1. The van der Waals surface area contributed by atoms with Crippen molar-refractivity contribution in [1.82, 2.24) is 0 Å². The molecule has 3 heteroatoms. The standard InChI is InChI=1S/C11H11FOS/c1-3-7-6-8-9(12)4-5-10(13-2)11(8)14-7/h4-6H,3H2,1-2H3. The summed E-state index contributed by atoms with van der Waals surface area (Å²) in [4.78, 5) is 1.18. The SMILES string of the molecule is CCc1cc2c(F)ccc(OC)c2s1. The quantitative estimate of drug-likeness (QED) is 0.735. The zero-order valence-electron chi connectivity index (χ0n) is 8.13. The summed E-state index contributed by atoms with van der Waals surface area (Å²) >= 11 is 1.60. The van der Waals surface area contributed by atoms with Gasteiger partial charge in [-0.15, -0.1) is 11.3 Å². The van der Waals surface area contributed by atoms with Gasteiger partial charge in [-0.3, -0.25) is 0 Å². The van der Waals surface area contributed by atoms with Gasteiger partial charge >= 0.3 is 0 Å². The van der Waals surface area contributed by atoms with Gasteiger partial charge in [0, 0.05) is 10.3 Å². The lowest BCUT2D eigenvalue weighted by molar-refractivity contribution is 0.420. The van der Waals surface area contributed by atoms with Crippen LogP contribution < -0.4 is 4.74 Å². The highest BCUT2D eigenvalue weighted by Crippen LogP contribution is 2.35. The number of hydrogen-bond acceptors (Lipinski definition) is 2. The third-order valence-electron chi connectivity index (χ3n) is 2.21. The van der Waals surface area contributed by atoms with Crippen molar-refractivity contribution in [3.63, 3.8) is 0 Å². The summed E-state index contributed by atoms with van der Waals surface area (Å²) in [7, 11) is 1.61. The normalized spacial score (nSPS) is 10.8. The van der Waals surface area contributed by atoms with Crippen LogP contribution in [0.15, 0.2) is 18.2 Å². The zero-order valence-corrected chi connectivity index (χ0v) is 8.95. The van der Waals surface area contributed by atoms with Crippen LogP contribution in [-0.2, 0) is 6.42 Å². The fraction of sp³-hybridized carbons (Fsp3) is 0.273. The van der Waals surface area contributed by atoms with E-state index in [9.17, 15) is 4.39 Å². The van der Waals surface area contributed by atoms with Crippen LogP contribution in [0.25, 0.3) is 10.1 Å². The number of thiophene rings is 1. The molecule has 2 aromatic rings. The fourth-order valence-electron chi connectivity index (χ4n) is 1.45. The lowest BCUT2D eigenvalue weighted by Crippen LogP contribution is -1.83. The predicted molar refractivity (Wildman–Crippen MR) is 57.7 cm³/mol. The van der Waals surface area contributed by atoms with Crippen LogP contribution >= 0.6 is 11.3 Å². The zero-order chi connectivity index (χ0) is 10.1. The molecule has 0 aliphatic heterocycles. The van der Waals surface area contributed by atoms with Gasteiger partial charge in [0.15, 0.2) is 0 Å². The molecule has 0 saturated heterocycles. The van der Waals surface area contributed by atoms with Gasteiger partial charge in [-0.2, -0.15) is 0 Å². The second-order valence-corrected chi connectivity index (χ2v) is 4.20. The number of halogens is 1. The molecule has 0 N–H and O–H groups in total. The third kappa shape index (κ3) is 1.38. The minimum atomic E-state index is -0.170. The summed E-state index contributed by atoms with van der Waals surface area (Å²) in [6.07, 6.45) is 0.932. The van der Waals surface area contributed by atoms with E-state index in [0.29, 0.717) is 5.39 Å². The van der Waals surface area contributed by atoms with E-state index in [1.54, 1.807) is 24.5 Å². The average Bonchev–Trinajstić information content (AvgIpc) is 2.63. The molecule has 14 heavy (non-hydrogen) atoms. The van der Waals surface area contributed by atoms with Crippen molar-refractivity contribution in [2.75, 3.05) is 7.11 Å². The van der Waals surface area contributed by atoms with E-state index in [1.165, 1.54) is 10.9 Å². The van der Waals surface area contributed by atoms with Crippen molar-refractivity contribution in [2.24, 2.45) is 0 Å². The van der Waals surface area contributed by atoms with Gasteiger partial charge in [0.25, 0.3) is 0 Å². The minimum absolute atomic E-state index is 0.170. The molecule has 0 unspecified atom stereocenters. The maximum absolute atomic E-state index is 13.4. The molecule has 2 rings (SSSR count). The predicted octanol–water partition coefficient (Wildman–Crippen LogP) is 3.61. The van der Waals surface area contributed by atoms with E-state index in [1.807, 2.05) is 6.07 Å². The number of hydrogen-bond donors (Lipinski definition) is 0. The highest BCUT2D eigenvalue weighted by atomic mass is 32.1. The number of aryl methyl sites for hydroxylation is 1. The van der Waals surface area contributed by atoms with Crippen molar-refractivity contribution in [3.05, 3.63) is 28.9 Å². The van der Waals surface area contributed by atoms with E-state index >= 15 is 0 Å². The van der Waals surface area contributed by atoms with E-state index in [2.05, 4.69) is 6.92 Å². The van der Waals surface area contributed by atoms with Gasteiger partial charge in [0.2, 0.25) is 0 Å². The molecule has 0 fully saturated rings. The lowest BCUT2D eigenvalue weighted by Gasteiger charge is -2.00. The monoisotopic (exact) mass is 210 g/mol. The molecule has 1 heterocycles. The second-order valence-electron chi connectivity index (χ2n) is 3.06. The fourth-order valence-corrected chi connectivity index (χ4v) is 2.55. The highest BCUT2D eigenvalue weighted by molar-refractivity contribution is 7.19. The van der Waals surface area contributed by atoms with Gasteiger partial charge in [-0.05, 0) is 24.6 Å². The molecule has 0 bridgehead atoms. The lowest BCUT2D eigenvalue weighted by atomic mass is 10.2. The first kappa shape index (κ1) is 9.46. The summed E-state index contributed by atoms with van der Waals surface area (Å²) in [6, 6.07) is 5.03. The van der Waals surface area contributed by atoms with Gasteiger partial charge in [-0.25, -0.2) is 4.39 Å². The Bertz CT molecular complexity index is 462. The summed E-state index contributed by atoms with van der Waals surface area (Å²) in [5.41, 5.74) is 0.